The van der Waals surface area contributed by atoms with Crippen LogP contribution in [0.3, 0.4) is 0 Å². The number of nitrogens with one attached hydrogen (secondary N) is 1. The Morgan fingerprint density at radius 1 is 1.02 bits per heavy atom. The normalized spacial score (nSPS) is 19.3. The smallest absolute Gasteiger partial charge is 0.251 e. The number of hydrogen-bond acceptors (Lipinski definition) is 8. The molecule has 3 aromatic rings. The molecule has 4 N–H and O–H groups in total. The Bertz CT molecular complexity index is 1670. The van der Waals surface area contributed by atoms with Crippen molar-refractivity contribution in [2.75, 3.05) is 53.1 Å². The van der Waals surface area contributed by atoms with Gasteiger partial charge in [-0.15, -0.1) is 0 Å². The highest BCUT2D eigenvalue weighted by Gasteiger charge is 2.45. The van der Waals surface area contributed by atoms with Crippen molar-refractivity contribution >= 4 is 33.1 Å². The lowest BCUT2D eigenvalue weighted by Crippen LogP contribution is -2.39. The van der Waals surface area contributed by atoms with Gasteiger partial charge < -0.3 is 20.6 Å². The number of aliphatic hydroxyl groups is 1. The Kier molecular flexibility index (Phi) is 7.77. The number of alkyl halides is 2. The summed E-state index contributed by atoms with van der Waals surface area (Å²) in [6.45, 7) is 0.902. The molecule has 6 rings (SSSR count). The van der Waals surface area contributed by atoms with Crippen molar-refractivity contribution < 1.29 is 27.1 Å². The molecule has 1 amide bonds. The summed E-state index contributed by atoms with van der Waals surface area (Å²) in [5.74, 6) is -3.50. The summed E-state index contributed by atoms with van der Waals surface area (Å²) in [5.41, 5.74) is 9.28. The molecule has 2 aromatic heterocycles. The Labute approximate surface area is 255 Å². The molecule has 3 aliphatic rings. The van der Waals surface area contributed by atoms with Gasteiger partial charge in [0.2, 0.25) is 10.0 Å². The highest BCUT2D eigenvalue weighted by molar-refractivity contribution is 7.92. The fourth-order valence-corrected chi connectivity index (χ4v) is 7.14. The van der Waals surface area contributed by atoms with E-state index in [9.17, 15) is 27.1 Å². The standard InChI is InChI=1S/C30H37F2N7O4S/c1-37-19-21(18-34-37)20-16-24(35-25(17-20)38-12-8-30(31,32)9-13-38)26-23(36-44(42,43)15-14-40)3-2-22(28(33)41)27(26)39-10-6-29(4-5-29)7-11-39/h2-3,16-19,36,40H,4-15H2,1H3,(H2,33,41). The van der Waals surface area contributed by atoms with E-state index in [1.165, 1.54) is 25.0 Å². The highest BCUT2D eigenvalue weighted by atomic mass is 32.2. The van der Waals surface area contributed by atoms with E-state index in [0.717, 1.165) is 18.4 Å². The van der Waals surface area contributed by atoms with Gasteiger partial charge in [-0.1, -0.05) is 0 Å². The van der Waals surface area contributed by atoms with Crippen LogP contribution in [0, 0.1) is 5.41 Å². The number of rotatable bonds is 9. The number of nitrogens with zero attached hydrogens (tertiary/aromatic N) is 5. The summed E-state index contributed by atoms with van der Waals surface area (Å²) in [6.07, 6.45) is 7.07. The minimum absolute atomic E-state index is 0.0916. The number of hydrogen-bond donors (Lipinski definition) is 3. The van der Waals surface area contributed by atoms with Crippen molar-refractivity contribution in [1.82, 2.24) is 14.8 Å². The molecule has 1 aromatic carbocycles. The van der Waals surface area contributed by atoms with E-state index in [4.69, 9.17) is 10.7 Å². The van der Waals surface area contributed by atoms with Gasteiger partial charge in [0, 0.05) is 63.4 Å². The van der Waals surface area contributed by atoms with Crippen LogP contribution in [-0.2, 0) is 17.1 Å². The second-order valence-electron chi connectivity index (χ2n) is 12.2. The molecule has 0 unspecified atom stereocenters. The molecule has 0 radical (unpaired) electrons. The molecular weight excluding hydrogens is 592 g/mol. The summed E-state index contributed by atoms with van der Waals surface area (Å²) in [5, 5.41) is 13.7. The molecule has 1 aliphatic carbocycles. The van der Waals surface area contributed by atoms with Crippen LogP contribution < -0.4 is 20.3 Å². The van der Waals surface area contributed by atoms with Crippen LogP contribution in [0.2, 0.25) is 0 Å². The predicted molar refractivity (Wildman–Crippen MR) is 164 cm³/mol. The number of piperidine rings is 2. The van der Waals surface area contributed by atoms with Crippen LogP contribution in [0.1, 0.15) is 48.9 Å². The fourth-order valence-electron chi connectivity index (χ4n) is 6.29. The Hall–Kier alpha value is -3.78. The van der Waals surface area contributed by atoms with Crippen LogP contribution in [0.5, 0.6) is 0 Å². The summed E-state index contributed by atoms with van der Waals surface area (Å²) < 4.78 is 58.4. The number of anilines is 3. The number of benzene rings is 1. The minimum Gasteiger partial charge on any atom is -0.395 e. The van der Waals surface area contributed by atoms with Gasteiger partial charge in [-0.2, -0.15) is 5.10 Å². The molecule has 1 saturated carbocycles. The summed E-state index contributed by atoms with van der Waals surface area (Å²) in [6, 6.07) is 6.60. The zero-order chi connectivity index (χ0) is 31.3. The summed E-state index contributed by atoms with van der Waals surface area (Å²) in [4.78, 5) is 21.7. The van der Waals surface area contributed by atoms with E-state index in [1.807, 2.05) is 12.3 Å². The van der Waals surface area contributed by atoms with Gasteiger partial charge >= 0.3 is 0 Å². The number of aliphatic hydroxyl groups excluding tert-OH is 1. The second-order valence-corrected chi connectivity index (χ2v) is 14.1. The lowest BCUT2D eigenvalue weighted by molar-refractivity contribution is -0.0221. The molecule has 0 bridgehead atoms. The van der Waals surface area contributed by atoms with Crippen molar-refractivity contribution in [2.24, 2.45) is 18.2 Å². The zero-order valence-corrected chi connectivity index (χ0v) is 25.4. The molecule has 11 nitrogen and oxygen atoms in total. The van der Waals surface area contributed by atoms with E-state index in [0.29, 0.717) is 46.8 Å². The van der Waals surface area contributed by atoms with E-state index in [-0.39, 0.29) is 37.2 Å². The first-order valence-corrected chi connectivity index (χ1v) is 16.5. The third-order valence-electron chi connectivity index (χ3n) is 9.09. The highest BCUT2D eigenvalue weighted by Crippen LogP contribution is 2.55. The average Bonchev–Trinajstić information content (AvgIpc) is 3.58. The minimum atomic E-state index is -3.98. The number of primary amides is 1. The molecule has 4 heterocycles. The van der Waals surface area contributed by atoms with Crippen molar-refractivity contribution in [3.63, 3.8) is 0 Å². The number of amides is 1. The molecule has 236 valence electrons. The van der Waals surface area contributed by atoms with Crippen LogP contribution in [0.15, 0.2) is 36.7 Å². The third kappa shape index (κ3) is 6.23. The van der Waals surface area contributed by atoms with E-state index in [1.54, 1.807) is 28.9 Å². The van der Waals surface area contributed by atoms with E-state index >= 15 is 0 Å². The van der Waals surface area contributed by atoms with Crippen LogP contribution in [-0.4, -0.2) is 78.7 Å². The van der Waals surface area contributed by atoms with Crippen LogP contribution in [0.4, 0.5) is 26.0 Å². The first kappa shape index (κ1) is 30.3. The Balaban J connectivity index is 1.56. The number of pyridine rings is 1. The maximum absolute atomic E-state index is 14.1. The first-order chi connectivity index (χ1) is 20.9. The second kappa shape index (κ2) is 11.3. The van der Waals surface area contributed by atoms with Gasteiger partial charge in [-0.3, -0.25) is 14.2 Å². The van der Waals surface area contributed by atoms with Crippen molar-refractivity contribution in [3.05, 3.63) is 42.2 Å². The SMILES string of the molecule is Cn1cc(-c2cc(-c3c(NS(=O)(=O)CCO)ccc(C(N)=O)c3N3CCC4(CC3)CC4)nc(N3CCC(F)(F)CC3)c2)cn1. The molecule has 14 heteroatoms. The maximum Gasteiger partial charge on any atom is 0.251 e. The van der Waals surface area contributed by atoms with Gasteiger partial charge in [0.1, 0.15) is 5.82 Å². The van der Waals surface area contributed by atoms with Crippen LogP contribution in [0.25, 0.3) is 22.4 Å². The number of aryl methyl sites for hydroxylation is 1. The van der Waals surface area contributed by atoms with Gasteiger partial charge in [0.15, 0.2) is 0 Å². The van der Waals surface area contributed by atoms with Crippen molar-refractivity contribution in [2.45, 2.75) is 44.4 Å². The van der Waals surface area contributed by atoms with Gasteiger partial charge in [-0.05, 0) is 60.9 Å². The third-order valence-corrected chi connectivity index (χ3v) is 10.3. The molecular formula is C30H37F2N7O4S. The van der Waals surface area contributed by atoms with Crippen LogP contribution >= 0.6 is 0 Å². The topological polar surface area (TPSA) is 147 Å². The number of nitrogens with two attached hydrogens (primary N) is 1. The van der Waals surface area contributed by atoms with E-state index < -0.39 is 34.2 Å². The summed E-state index contributed by atoms with van der Waals surface area (Å²) in [7, 11) is -2.19. The quantitative estimate of drug-likeness (QED) is 0.326. The monoisotopic (exact) mass is 629 g/mol. The van der Waals surface area contributed by atoms with Crippen molar-refractivity contribution in [3.8, 4) is 22.4 Å². The largest absolute Gasteiger partial charge is 0.395 e. The number of halogens is 2. The molecule has 1 spiro atoms. The molecule has 44 heavy (non-hydrogen) atoms. The molecule has 0 atom stereocenters. The number of carbonyl (C=O) groups is 1. The molecule has 2 aliphatic heterocycles. The lowest BCUT2D eigenvalue weighted by atomic mass is 9.91. The number of carbonyl (C=O) groups excluding carboxylic acids is 1. The van der Waals surface area contributed by atoms with Gasteiger partial charge in [0.05, 0.1) is 41.2 Å². The Morgan fingerprint density at radius 2 is 1.70 bits per heavy atom. The number of aromatic nitrogens is 3. The predicted octanol–water partition coefficient (Wildman–Crippen LogP) is 3.60. The summed E-state index contributed by atoms with van der Waals surface area (Å²) >= 11 is 0. The molecule has 2 saturated heterocycles. The fraction of sp³-hybridized carbons (Fsp3) is 0.500. The first-order valence-electron chi connectivity index (χ1n) is 14.9. The molecule has 3 fully saturated rings. The number of sulfonamides is 1. The Morgan fingerprint density at radius 3 is 2.30 bits per heavy atom. The van der Waals surface area contributed by atoms with E-state index in [2.05, 4.69) is 14.7 Å². The van der Waals surface area contributed by atoms with Gasteiger partial charge in [0.25, 0.3) is 11.8 Å². The van der Waals surface area contributed by atoms with Gasteiger partial charge in [-0.25, -0.2) is 22.2 Å². The maximum atomic E-state index is 14.1. The zero-order valence-electron chi connectivity index (χ0n) is 24.6. The van der Waals surface area contributed by atoms with Crippen molar-refractivity contribution in [1.29, 1.82) is 0 Å². The average molecular weight is 630 g/mol. The lowest BCUT2D eigenvalue weighted by Gasteiger charge is -2.37.